The van der Waals surface area contributed by atoms with Crippen molar-refractivity contribution in [1.82, 2.24) is 0 Å². The first-order chi connectivity index (χ1) is 10.3. The molecule has 2 rings (SSSR count). The number of aliphatic hydroxyl groups excluding tert-OH is 1. The number of carbonyl (C=O) groups excluding carboxylic acids is 1. The number of aliphatic hydroxyl groups is 1. The van der Waals surface area contributed by atoms with Gasteiger partial charge in [-0.15, -0.1) is 0 Å². The number of Topliss-reactive ketones (excluding diaryl/α,β-unsaturated/α-hetero) is 1. The quantitative estimate of drug-likeness (QED) is 0.904. The predicted octanol–water partition coefficient (Wildman–Crippen LogP) is 4.18. The highest BCUT2D eigenvalue weighted by Crippen LogP contribution is 2.39. The fourth-order valence-electron chi connectivity index (χ4n) is 3.97. The van der Waals surface area contributed by atoms with Gasteiger partial charge in [0.2, 0.25) is 0 Å². The van der Waals surface area contributed by atoms with E-state index in [0.717, 1.165) is 29.5 Å². The summed E-state index contributed by atoms with van der Waals surface area (Å²) in [7, 11) is 0. The lowest BCUT2D eigenvalue weighted by molar-refractivity contribution is -0.127. The Morgan fingerprint density at radius 1 is 1.27 bits per heavy atom. The van der Waals surface area contributed by atoms with Gasteiger partial charge < -0.3 is 5.11 Å². The van der Waals surface area contributed by atoms with Gasteiger partial charge in [-0.2, -0.15) is 11.8 Å². The first-order valence-corrected chi connectivity index (χ1v) is 9.43. The van der Waals surface area contributed by atoms with Crippen molar-refractivity contribution in [3.8, 4) is 0 Å². The molecule has 1 aromatic rings. The molecule has 22 heavy (non-hydrogen) atoms. The van der Waals surface area contributed by atoms with Crippen molar-refractivity contribution in [3.63, 3.8) is 0 Å². The van der Waals surface area contributed by atoms with Gasteiger partial charge in [0.05, 0.1) is 12.0 Å². The molecule has 0 saturated heterocycles. The standard InChI is InChI=1S/C19H28O2S/c1-11-6-12(2)18(13(3)7-11)19-16(20)9-15(10-17(19)21)8-14(4)22-5/h6-7,14-16,19-20H,8-10H2,1-5H3. The predicted molar refractivity (Wildman–Crippen MR) is 94.7 cm³/mol. The molecule has 0 amide bonds. The van der Waals surface area contributed by atoms with Gasteiger partial charge in [0.1, 0.15) is 5.78 Å². The zero-order valence-corrected chi connectivity index (χ0v) is 15.2. The van der Waals surface area contributed by atoms with E-state index in [0.29, 0.717) is 17.6 Å². The molecule has 0 radical (unpaired) electrons. The molecule has 1 aromatic carbocycles. The normalized spacial score (nSPS) is 27.0. The van der Waals surface area contributed by atoms with Crippen LogP contribution < -0.4 is 0 Å². The molecule has 0 aliphatic heterocycles. The average molecular weight is 320 g/mol. The summed E-state index contributed by atoms with van der Waals surface area (Å²) in [6.07, 6.45) is 3.93. The molecule has 1 aliphatic carbocycles. The Morgan fingerprint density at radius 2 is 1.86 bits per heavy atom. The number of carbonyl (C=O) groups is 1. The van der Waals surface area contributed by atoms with Crippen molar-refractivity contribution in [1.29, 1.82) is 0 Å². The zero-order chi connectivity index (χ0) is 16.4. The molecule has 1 N–H and O–H groups in total. The van der Waals surface area contributed by atoms with Crippen LogP contribution in [0.2, 0.25) is 0 Å². The summed E-state index contributed by atoms with van der Waals surface area (Å²) in [6, 6.07) is 4.23. The van der Waals surface area contributed by atoms with Crippen molar-refractivity contribution in [3.05, 3.63) is 34.4 Å². The van der Waals surface area contributed by atoms with E-state index in [1.807, 2.05) is 11.8 Å². The van der Waals surface area contributed by atoms with Crippen LogP contribution in [0, 0.1) is 26.7 Å². The van der Waals surface area contributed by atoms with Crippen molar-refractivity contribution in [2.45, 2.75) is 64.2 Å². The van der Waals surface area contributed by atoms with E-state index in [4.69, 9.17) is 0 Å². The first-order valence-electron chi connectivity index (χ1n) is 8.14. The molecule has 0 spiro atoms. The second-order valence-corrected chi connectivity index (χ2v) is 8.19. The van der Waals surface area contributed by atoms with Gasteiger partial charge in [0, 0.05) is 11.7 Å². The van der Waals surface area contributed by atoms with Crippen molar-refractivity contribution in [2.24, 2.45) is 5.92 Å². The van der Waals surface area contributed by atoms with Crippen molar-refractivity contribution in [2.75, 3.05) is 6.26 Å². The van der Waals surface area contributed by atoms with Crippen molar-refractivity contribution < 1.29 is 9.90 Å². The molecular weight excluding hydrogens is 292 g/mol. The highest BCUT2D eigenvalue weighted by molar-refractivity contribution is 7.99. The molecule has 4 atom stereocenters. The molecule has 0 heterocycles. The molecule has 1 fully saturated rings. The van der Waals surface area contributed by atoms with Crippen LogP contribution in [0.5, 0.6) is 0 Å². The minimum Gasteiger partial charge on any atom is -0.392 e. The van der Waals surface area contributed by atoms with E-state index in [9.17, 15) is 9.90 Å². The minimum atomic E-state index is -0.541. The molecule has 122 valence electrons. The summed E-state index contributed by atoms with van der Waals surface area (Å²) < 4.78 is 0. The Labute approximate surface area is 138 Å². The summed E-state index contributed by atoms with van der Waals surface area (Å²) in [5.74, 6) is 0.209. The van der Waals surface area contributed by atoms with Crippen LogP contribution in [0.1, 0.15) is 54.4 Å². The smallest absolute Gasteiger partial charge is 0.143 e. The maximum Gasteiger partial charge on any atom is 0.143 e. The van der Waals surface area contributed by atoms with Gasteiger partial charge in [-0.05, 0) is 62.5 Å². The Bertz CT molecular complexity index is 529. The minimum absolute atomic E-state index is 0.215. The Morgan fingerprint density at radius 3 is 2.36 bits per heavy atom. The van der Waals surface area contributed by atoms with E-state index in [1.54, 1.807) is 0 Å². The van der Waals surface area contributed by atoms with E-state index in [-0.39, 0.29) is 11.7 Å². The molecule has 1 saturated carbocycles. The van der Waals surface area contributed by atoms with Crippen LogP contribution in [0.3, 0.4) is 0 Å². The van der Waals surface area contributed by atoms with Crippen molar-refractivity contribution >= 4 is 17.5 Å². The molecule has 0 bridgehead atoms. The molecule has 3 heteroatoms. The second-order valence-electron chi connectivity index (χ2n) is 6.91. The number of hydrogen-bond donors (Lipinski definition) is 1. The van der Waals surface area contributed by atoms with Gasteiger partial charge in [0.15, 0.2) is 0 Å². The lowest BCUT2D eigenvalue weighted by atomic mass is 9.72. The second kappa shape index (κ2) is 7.18. The molecule has 1 aliphatic rings. The number of aryl methyl sites for hydroxylation is 3. The first kappa shape index (κ1) is 17.6. The van der Waals surface area contributed by atoms with Crippen LogP contribution in [0.4, 0.5) is 0 Å². The van der Waals surface area contributed by atoms with Gasteiger partial charge in [0.25, 0.3) is 0 Å². The van der Waals surface area contributed by atoms with Gasteiger partial charge in [-0.25, -0.2) is 0 Å². The van der Waals surface area contributed by atoms with Crippen LogP contribution >= 0.6 is 11.8 Å². The molecule has 2 nitrogen and oxygen atoms in total. The average Bonchev–Trinajstić information content (AvgIpc) is 2.40. The maximum atomic E-state index is 12.7. The summed E-state index contributed by atoms with van der Waals surface area (Å²) in [5, 5.41) is 11.2. The molecule has 4 unspecified atom stereocenters. The summed E-state index contributed by atoms with van der Waals surface area (Å²) in [6.45, 7) is 8.37. The van der Waals surface area contributed by atoms with Crippen LogP contribution in [-0.4, -0.2) is 28.5 Å². The number of thioether (sulfide) groups is 1. The fourth-order valence-corrected chi connectivity index (χ4v) is 4.43. The maximum absolute atomic E-state index is 12.7. The van der Waals surface area contributed by atoms with E-state index < -0.39 is 6.10 Å². The third kappa shape index (κ3) is 3.75. The molecule has 0 aromatic heterocycles. The Hall–Kier alpha value is -0.800. The van der Waals surface area contributed by atoms with Crippen LogP contribution in [0.15, 0.2) is 12.1 Å². The fraction of sp³-hybridized carbons (Fsp3) is 0.632. The highest BCUT2D eigenvalue weighted by Gasteiger charge is 2.38. The van der Waals surface area contributed by atoms with E-state index in [1.165, 1.54) is 5.56 Å². The largest absolute Gasteiger partial charge is 0.392 e. The lowest BCUT2D eigenvalue weighted by Crippen LogP contribution is -2.36. The summed E-state index contributed by atoms with van der Waals surface area (Å²) >= 11 is 1.83. The summed E-state index contributed by atoms with van der Waals surface area (Å²) in [5.41, 5.74) is 4.53. The zero-order valence-electron chi connectivity index (χ0n) is 14.3. The lowest BCUT2D eigenvalue weighted by Gasteiger charge is -2.34. The monoisotopic (exact) mass is 320 g/mol. The Balaban J connectivity index is 2.23. The van der Waals surface area contributed by atoms with Gasteiger partial charge in [-0.1, -0.05) is 24.6 Å². The SMILES string of the molecule is CSC(C)CC1CC(=O)C(c2c(C)cc(C)cc2C)C(O)C1. The van der Waals surface area contributed by atoms with E-state index in [2.05, 4.69) is 46.1 Å². The Kier molecular flexibility index (Phi) is 5.73. The number of rotatable bonds is 4. The third-order valence-corrected chi connectivity index (χ3v) is 5.91. The van der Waals surface area contributed by atoms with E-state index >= 15 is 0 Å². The van der Waals surface area contributed by atoms with Crippen LogP contribution in [-0.2, 0) is 4.79 Å². The van der Waals surface area contributed by atoms with Crippen LogP contribution in [0.25, 0.3) is 0 Å². The number of ketones is 1. The molecular formula is C19H28O2S. The third-order valence-electron chi connectivity index (χ3n) is 4.91. The number of hydrogen-bond acceptors (Lipinski definition) is 3. The number of benzene rings is 1. The van der Waals surface area contributed by atoms with Gasteiger partial charge >= 0.3 is 0 Å². The highest BCUT2D eigenvalue weighted by atomic mass is 32.2. The topological polar surface area (TPSA) is 37.3 Å². The van der Waals surface area contributed by atoms with Gasteiger partial charge in [-0.3, -0.25) is 4.79 Å². The summed E-state index contributed by atoms with van der Waals surface area (Å²) in [4.78, 5) is 12.7.